The van der Waals surface area contributed by atoms with Crippen molar-refractivity contribution in [2.45, 2.75) is 10.6 Å². The maximum atomic E-state index is 13.2. The Balaban J connectivity index is 2.05. The van der Waals surface area contributed by atoms with Crippen molar-refractivity contribution in [3.05, 3.63) is 36.2 Å². The summed E-state index contributed by atoms with van der Waals surface area (Å²) < 4.78 is 14.8. The molecule has 0 radical (unpaired) electrons. The van der Waals surface area contributed by atoms with Gasteiger partial charge in [0.15, 0.2) is 0 Å². The summed E-state index contributed by atoms with van der Waals surface area (Å²) in [5.41, 5.74) is 5.56. The van der Waals surface area contributed by atoms with E-state index in [2.05, 4.69) is 10.1 Å². The molecule has 0 saturated heterocycles. The van der Waals surface area contributed by atoms with Gasteiger partial charge in [-0.15, -0.1) is 11.8 Å². The number of aryl methyl sites for hydroxylation is 1. The Morgan fingerprint density at radius 1 is 1.50 bits per heavy atom. The van der Waals surface area contributed by atoms with Crippen LogP contribution >= 0.6 is 11.8 Å². The van der Waals surface area contributed by atoms with Gasteiger partial charge in [0.1, 0.15) is 18.0 Å². The number of nitrogens with two attached hydrogens (primary N) is 1. The number of aromatic nitrogens is 3. The van der Waals surface area contributed by atoms with Gasteiger partial charge in [-0.25, -0.2) is 9.37 Å². The van der Waals surface area contributed by atoms with Crippen LogP contribution in [0.5, 0.6) is 0 Å². The molecule has 0 bridgehead atoms. The van der Waals surface area contributed by atoms with Gasteiger partial charge in [0.2, 0.25) is 0 Å². The fraction of sp³-hybridized carbons (Fsp3) is 0.200. The Bertz CT molecular complexity index is 497. The molecular weight excluding hydrogens is 227 g/mol. The highest BCUT2D eigenvalue weighted by Gasteiger charge is 2.04. The van der Waals surface area contributed by atoms with Gasteiger partial charge < -0.3 is 5.73 Å². The van der Waals surface area contributed by atoms with Gasteiger partial charge in [-0.3, -0.25) is 4.68 Å². The third kappa shape index (κ3) is 2.33. The van der Waals surface area contributed by atoms with Gasteiger partial charge in [0.25, 0.3) is 0 Å². The van der Waals surface area contributed by atoms with Gasteiger partial charge in [0, 0.05) is 11.9 Å². The quantitative estimate of drug-likeness (QED) is 0.654. The predicted molar refractivity (Wildman–Crippen MR) is 61.4 cm³/mol. The van der Waals surface area contributed by atoms with Crippen LogP contribution in [0, 0.1) is 5.82 Å². The van der Waals surface area contributed by atoms with E-state index in [-0.39, 0.29) is 11.5 Å². The second kappa shape index (κ2) is 4.52. The summed E-state index contributed by atoms with van der Waals surface area (Å²) in [6, 6.07) is 4.78. The van der Waals surface area contributed by atoms with Crippen LogP contribution in [0.4, 0.5) is 10.1 Å². The molecule has 2 rings (SSSR count). The molecule has 1 aromatic carbocycles. The Morgan fingerprint density at radius 3 is 2.94 bits per heavy atom. The van der Waals surface area contributed by atoms with Crippen molar-refractivity contribution in [2.24, 2.45) is 7.05 Å². The van der Waals surface area contributed by atoms with Crippen LogP contribution in [0.2, 0.25) is 0 Å². The van der Waals surface area contributed by atoms with E-state index >= 15 is 0 Å². The van der Waals surface area contributed by atoms with Crippen molar-refractivity contribution in [1.29, 1.82) is 0 Å². The molecule has 1 aromatic heterocycles. The largest absolute Gasteiger partial charge is 0.396 e. The van der Waals surface area contributed by atoms with E-state index < -0.39 is 0 Å². The summed E-state index contributed by atoms with van der Waals surface area (Å²) in [4.78, 5) is 4.91. The minimum atomic E-state index is -0.386. The normalized spacial score (nSPS) is 10.6. The summed E-state index contributed by atoms with van der Waals surface area (Å²) in [6.45, 7) is 0. The molecule has 16 heavy (non-hydrogen) atoms. The third-order valence-electron chi connectivity index (χ3n) is 2.14. The van der Waals surface area contributed by atoms with Gasteiger partial charge in [0.05, 0.1) is 11.4 Å². The molecule has 2 aromatic rings. The van der Waals surface area contributed by atoms with Crippen molar-refractivity contribution < 1.29 is 4.39 Å². The zero-order valence-electron chi connectivity index (χ0n) is 8.72. The molecule has 0 amide bonds. The number of nitrogens with zero attached hydrogens (tertiary/aromatic N) is 3. The predicted octanol–water partition coefficient (Wildman–Crippen LogP) is 1.83. The molecule has 0 unspecified atom stereocenters. The first-order valence-corrected chi connectivity index (χ1v) is 5.66. The van der Waals surface area contributed by atoms with E-state index in [1.807, 2.05) is 7.05 Å². The first kappa shape index (κ1) is 10.9. The fourth-order valence-electron chi connectivity index (χ4n) is 1.20. The molecule has 84 valence electrons. The highest BCUT2D eigenvalue weighted by molar-refractivity contribution is 7.98. The van der Waals surface area contributed by atoms with Crippen molar-refractivity contribution in [1.82, 2.24) is 14.8 Å². The average molecular weight is 238 g/mol. The molecule has 0 aliphatic heterocycles. The van der Waals surface area contributed by atoms with Gasteiger partial charge in [-0.2, -0.15) is 5.10 Å². The number of hydrogen-bond acceptors (Lipinski definition) is 4. The first-order valence-electron chi connectivity index (χ1n) is 4.67. The summed E-state index contributed by atoms with van der Waals surface area (Å²) >= 11 is 1.50. The third-order valence-corrected chi connectivity index (χ3v) is 3.13. The lowest BCUT2D eigenvalue weighted by Gasteiger charge is -2.02. The summed E-state index contributed by atoms with van der Waals surface area (Å²) in [6.07, 6.45) is 1.50. The van der Waals surface area contributed by atoms with E-state index in [9.17, 15) is 4.39 Å². The Kier molecular flexibility index (Phi) is 3.09. The molecule has 6 heteroatoms. The van der Waals surface area contributed by atoms with E-state index in [0.29, 0.717) is 5.75 Å². The van der Waals surface area contributed by atoms with Crippen LogP contribution in [0.1, 0.15) is 5.82 Å². The van der Waals surface area contributed by atoms with Crippen molar-refractivity contribution in [3.8, 4) is 0 Å². The molecule has 1 heterocycles. The van der Waals surface area contributed by atoms with Gasteiger partial charge in [-0.05, 0) is 18.2 Å². The topological polar surface area (TPSA) is 56.7 Å². The van der Waals surface area contributed by atoms with E-state index in [1.165, 1.54) is 24.2 Å². The zero-order valence-corrected chi connectivity index (χ0v) is 9.54. The Hall–Kier alpha value is -1.56. The minimum absolute atomic E-state index is 0.169. The van der Waals surface area contributed by atoms with E-state index in [1.54, 1.807) is 16.8 Å². The van der Waals surface area contributed by atoms with Crippen LogP contribution in [-0.2, 0) is 12.8 Å². The maximum Gasteiger partial charge on any atom is 0.147 e. The van der Waals surface area contributed by atoms with E-state index in [4.69, 9.17) is 5.73 Å². The summed E-state index contributed by atoms with van der Waals surface area (Å²) in [7, 11) is 1.83. The SMILES string of the molecule is Cn1ncnc1CSc1ccc(N)c(F)c1. The molecule has 0 aliphatic rings. The lowest BCUT2D eigenvalue weighted by molar-refractivity contribution is 0.629. The smallest absolute Gasteiger partial charge is 0.147 e. The molecule has 4 nitrogen and oxygen atoms in total. The first-order chi connectivity index (χ1) is 7.66. The fourth-order valence-corrected chi connectivity index (χ4v) is 2.10. The second-order valence-corrected chi connectivity index (χ2v) is 4.32. The van der Waals surface area contributed by atoms with E-state index in [0.717, 1.165) is 10.7 Å². The Labute approximate surface area is 96.7 Å². The summed E-state index contributed by atoms with van der Waals surface area (Å²) in [5.74, 6) is 1.12. The monoisotopic (exact) mass is 238 g/mol. The molecule has 0 atom stereocenters. The lowest BCUT2D eigenvalue weighted by Crippen LogP contribution is -1.97. The number of halogens is 1. The summed E-state index contributed by atoms with van der Waals surface area (Å²) in [5, 5.41) is 3.96. The maximum absolute atomic E-state index is 13.2. The molecule has 2 N–H and O–H groups in total. The standard InChI is InChI=1S/C10H11FN4S/c1-15-10(13-6-14-15)5-16-7-2-3-9(12)8(11)4-7/h2-4,6H,5,12H2,1H3. The number of thioether (sulfide) groups is 1. The number of rotatable bonds is 3. The molecule has 0 spiro atoms. The molecular formula is C10H11FN4S. The van der Waals surface area contributed by atoms with Crippen molar-refractivity contribution in [2.75, 3.05) is 5.73 Å². The zero-order chi connectivity index (χ0) is 11.5. The minimum Gasteiger partial charge on any atom is -0.396 e. The number of nitrogen functional groups attached to an aromatic ring is 1. The van der Waals surface area contributed by atoms with Crippen LogP contribution in [-0.4, -0.2) is 14.8 Å². The van der Waals surface area contributed by atoms with Gasteiger partial charge >= 0.3 is 0 Å². The lowest BCUT2D eigenvalue weighted by atomic mass is 10.3. The molecule has 0 fully saturated rings. The highest BCUT2D eigenvalue weighted by Crippen LogP contribution is 2.24. The molecule has 0 saturated carbocycles. The molecule has 0 aliphatic carbocycles. The van der Waals surface area contributed by atoms with Crippen molar-refractivity contribution >= 4 is 17.4 Å². The average Bonchev–Trinajstić information content (AvgIpc) is 2.66. The van der Waals surface area contributed by atoms with Crippen LogP contribution in [0.15, 0.2) is 29.4 Å². The second-order valence-electron chi connectivity index (χ2n) is 3.27. The highest BCUT2D eigenvalue weighted by atomic mass is 32.2. The number of anilines is 1. The van der Waals surface area contributed by atoms with Gasteiger partial charge in [-0.1, -0.05) is 0 Å². The number of hydrogen-bond donors (Lipinski definition) is 1. The van der Waals surface area contributed by atoms with Crippen LogP contribution < -0.4 is 5.73 Å². The Morgan fingerprint density at radius 2 is 2.31 bits per heavy atom. The van der Waals surface area contributed by atoms with Crippen LogP contribution in [0.25, 0.3) is 0 Å². The van der Waals surface area contributed by atoms with Crippen LogP contribution in [0.3, 0.4) is 0 Å². The van der Waals surface area contributed by atoms with Crippen molar-refractivity contribution in [3.63, 3.8) is 0 Å². The number of benzene rings is 1.